The molecule has 7 nitrogen and oxygen atoms in total. The first kappa shape index (κ1) is 20.6. The summed E-state index contributed by atoms with van der Waals surface area (Å²) in [5.74, 6) is -5.02. The Morgan fingerprint density at radius 3 is 1.40 bits per heavy atom. The first-order valence-electron chi connectivity index (χ1n) is 3.17. The van der Waals surface area contributed by atoms with E-state index in [0.29, 0.717) is 0 Å². The van der Waals surface area contributed by atoms with Gasteiger partial charge in [-0.15, -0.1) is 0 Å². The van der Waals surface area contributed by atoms with E-state index in [1.807, 2.05) is 0 Å². The van der Waals surface area contributed by atoms with Gasteiger partial charge in [-0.1, -0.05) is 0 Å². The summed E-state index contributed by atoms with van der Waals surface area (Å²) in [6.07, 6.45) is -2.29. The Morgan fingerprint density at radius 2 is 1.27 bits per heavy atom. The fourth-order valence-electron chi connectivity index (χ4n) is 0.714. The van der Waals surface area contributed by atoms with Crippen molar-refractivity contribution in [3.63, 3.8) is 0 Å². The average molecular weight is 264 g/mol. The maximum absolute atomic E-state index is 10.3. The van der Waals surface area contributed by atoms with E-state index < -0.39 is 36.4 Å². The molecule has 0 amide bonds. The predicted octanol–water partition coefficient (Wildman–Crippen LogP) is -2.59. The third kappa shape index (κ3) is 8.02. The molecule has 0 atom stereocenters. The molecule has 0 aromatic carbocycles. The molecule has 84 valence electrons. The van der Waals surface area contributed by atoms with Gasteiger partial charge in [-0.3, -0.25) is 9.59 Å². The van der Waals surface area contributed by atoms with E-state index in [2.05, 4.69) is 0 Å². The normalized spacial score (nSPS) is 9.40. The van der Waals surface area contributed by atoms with Crippen molar-refractivity contribution in [2.24, 2.45) is 0 Å². The van der Waals surface area contributed by atoms with Gasteiger partial charge >= 0.3 is 55.6 Å². The molecule has 15 heavy (non-hydrogen) atoms. The van der Waals surface area contributed by atoms with Crippen LogP contribution in [0.3, 0.4) is 0 Å². The first-order valence-corrected chi connectivity index (χ1v) is 3.17. The minimum Gasteiger partial charge on any atom is -1.00 e. The van der Waals surface area contributed by atoms with Gasteiger partial charge < -0.3 is 23.3 Å². The fourth-order valence-corrected chi connectivity index (χ4v) is 0.714. The molecular formula is C6H13AlCaO7. The second-order valence-electron chi connectivity index (χ2n) is 2.48. The van der Waals surface area contributed by atoms with E-state index >= 15 is 0 Å². The molecule has 0 saturated carbocycles. The molecule has 9 heteroatoms. The van der Waals surface area contributed by atoms with Crippen LogP contribution in [-0.4, -0.2) is 99.0 Å². The summed E-state index contributed by atoms with van der Waals surface area (Å²) in [5.41, 5.74) is -2.74. The minimum atomic E-state index is -2.74. The van der Waals surface area contributed by atoms with Crippen molar-refractivity contribution in [2.75, 3.05) is 0 Å². The topological polar surface area (TPSA) is 132 Å². The Kier molecular flexibility index (Phi) is 11.4. The molecule has 0 unspecified atom stereocenters. The van der Waals surface area contributed by atoms with Gasteiger partial charge in [0.05, 0.1) is 12.8 Å². The van der Waals surface area contributed by atoms with E-state index in [1.54, 1.807) is 0 Å². The SMILES string of the molecule is O=C(O)CC(O)(CC(=O)O)C(=O)O.[AlH3].[Ca+2].[H-].[H-]. The van der Waals surface area contributed by atoms with Crippen molar-refractivity contribution < 1.29 is 37.7 Å². The van der Waals surface area contributed by atoms with E-state index in [0.717, 1.165) is 0 Å². The van der Waals surface area contributed by atoms with Crippen molar-refractivity contribution in [1.29, 1.82) is 0 Å². The molecule has 0 heterocycles. The van der Waals surface area contributed by atoms with Crippen LogP contribution >= 0.6 is 0 Å². The van der Waals surface area contributed by atoms with Gasteiger partial charge in [-0.2, -0.15) is 0 Å². The Labute approximate surface area is 128 Å². The van der Waals surface area contributed by atoms with E-state index in [1.165, 1.54) is 0 Å². The minimum absolute atomic E-state index is 0. The van der Waals surface area contributed by atoms with Crippen LogP contribution in [0.2, 0.25) is 0 Å². The second kappa shape index (κ2) is 8.33. The number of rotatable bonds is 5. The number of carboxylic acids is 3. The van der Waals surface area contributed by atoms with Crippen LogP contribution in [0.25, 0.3) is 0 Å². The maximum atomic E-state index is 10.3. The van der Waals surface area contributed by atoms with Crippen molar-refractivity contribution in [3.05, 3.63) is 0 Å². The summed E-state index contributed by atoms with van der Waals surface area (Å²) in [5, 5.41) is 33.8. The second-order valence-corrected chi connectivity index (χ2v) is 2.48. The largest absolute Gasteiger partial charge is 2.00 e. The zero-order valence-electron chi connectivity index (χ0n) is 9.13. The van der Waals surface area contributed by atoms with Gasteiger partial charge in [0.15, 0.2) is 23.0 Å². The molecule has 0 aliphatic heterocycles. The molecule has 4 N–H and O–H groups in total. The zero-order valence-corrected chi connectivity index (χ0v) is 9.34. The van der Waals surface area contributed by atoms with Crippen molar-refractivity contribution in [1.82, 2.24) is 0 Å². The molecule has 0 aromatic heterocycles. The van der Waals surface area contributed by atoms with E-state index in [9.17, 15) is 14.4 Å². The monoisotopic (exact) mass is 264 g/mol. The summed E-state index contributed by atoms with van der Waals surface area (Å²) < 4.78 is 0. The Balaban J connectivity index is -0.000000120. The van der Waals surface area contributed by atoms with Gasteiger partial charge in [-0.25, -0.2) is 4.79 Å². The van der Waals surface area contributed by atoms with Crippen LogP contribution in [-0.2, 0) is 14.4 Å². The van der Waals surface area contributed by atoms with Crippen molar-refractivity contribution >= 4 is 73.0 Å². The summed E-state index contributed by atoms with van der Waals surface area (Å²) in [4.78, 5) is 30.5. The van der Waals surface area contributed by atoms with Gasteiger partial charge in [0.25, 0.3) is 0 Å². The summed E-state index contributed by atoms with van der Waals surface area (Å²) >= 11 is 0. The van der Waals surface area contributed by atoms with Crippen LogP contribution < -0.4 is 0 Å². The van der Waals surface area contributed by atoms with Crippen molar-refractivity contribution in [3.8, 4) is 0 Å². The maximum Gasteiger partial charge on any atom is 2.00 e. The van der Waals surface area contributed by atoms with Crippen molar-refractivity contribution in [2.45, 2.75) is 18.4 Å². The van der Waals surface area contributed by atoms with Crippen LogP contribution in [0.15, 0.2) is 0 Å². The molecular weight excluding hydrogens is 251 g/mol. The van der Waals surface area contributed by atoms with Crippen LogP contribution in [0.5, 0.6) is 0 Å². The van der Waals surface area contributed by atoms with E-state index in [4.69, 9.17) is 20.4 Å². The predicted molar refractivity (Wildman–Crippen MR) is 55.0 cm³/mol. The smallest absolute Gasteiger partial charge is 1.00 e. The molecule has 0 saturated heterocycles. The van der Waals surface area contributed by atoms with Gasteiger partial charge in [0.2, 0.25) is 0 Å². The quantitative estimate of drug-likeness (QED) is 0.401. The number of hydrogen-bond donors (Lipinski definition) is 4. The number of aliphatic hydroxyl groups is 1. The summed E-state index contributed by atoms with van der Waals surface area (Å²) in [7, 11) is 0. The molecule has 0 aliphatic carbocycles. The molecule has 0 rings (SSSR count). The molecule has 0 aromatic rings. The molecule has 0 spiro atoms. The number of hydrogen-bond acceptors (Lipinski definition) is 4. The average Bonchev–Trinajstić information content (AvgIpc) is 1.82. The standard InChI is InChI=1S/C6H8O7.Al.Ca.5H/c7-3(8)1-6(13,5(11)12)2-4(9)10;;;;;;;/h13H,1-2H2,(H,7,8)(H,9,10)(H,11,12);;;;;;;/q;;+2;;;;2*-1. The third-order valence-corrected chi connectivity index (χ3v) is 1.29. The summed E-state index contributed by atoms with van der Waals surface area (Å²) in [6.45, 7) is 0. The molecule has 0 fully saturated rings. The van der Waals surface area contributed by atoms with Crippen LogP contribution in [0.4, 0.5) is 0 Å². The fraction of sp³-hybridized carbons (Fsp3) is 0.500. The third-order valence-electron chi connectivity index (χ3n) is 1.29. The van der Waals surface area contributed by atoms with Crippen LogP contribution in [0, 0.1) is 0 Å². The van der Waals surface area contributed by atoms with E-state index in [-0.39, 0.29) is 58.0 Å². The van der Waals surface area contributed by atoms with Gasteiger partial charge in [0.1, 0.15) is 0 Å². The van der Waals surface area contributed by atoms with Gasteiger partial charge in [0, 0.05) is 0 Å². The Bertz CT molecular complexity index is 247. The first-order chi connectivity index (χ1) is 5.78. The number of carboxylic acid groups (broad SMARTS) is 3. The Morgan fingerprint density at radius 1 is 1.00 bits per heavy atom. The zero-order chi connectivity index (χ0) is 10.6. The molecule has 0 aliphatic rings. The summed E-state index contributed by atoms with van der Waals surface area (Å²) in [6, 6.07) is 0. The van der Waals surface area contributed by atoms with Gasteiger partial charge in [-0.05, 0) is 0 Å². The van der Waals surface area contributed by atoms with Crippen LogP contribution in [0.1, 0.15) is 15.7 Å². The number of carbonyl (C=O) groups is 3. The number of aliphatic carboxylic acids is 3. The molecule has 0 bridgehead atoms. The molecule has 0 radical (unpaired) electrons. The Hall–Kier alpha value is 0.162.